The van der Waals surface area contributed by atoms with Crippen molar-refractivity contribution in [3.05, 3.63) is 29.8 Å². The number of hydrogen-bond acceptors (Lipinski definition) is 4. The van der Waals surface area contributed by atoms with E-state index < -0.39 is 6.10 Å². The van der Waals surface area contributed by atoms with Crippen LogP contribution in [0.3, 0.4) is 0 Å². The fraction of sp³-hybridized carbons (Fsp3) is 0.286. The van der Waals surface area contributed by atoms with Gasteiger partial charge in [-0.15, -0.1) is 5.10 Å². The Morgan fingerprint density at radius 3 is 3.00 bits per heavy atom. The molecule has 2 aromatic heterocycles. The van der Waals surface area contributed by atoms with Crippen molar-refractivity contribution in [3.63, 3.8) is 0 Å². The molecule has 2 N–H and O–H groups in total. The van der Waals surface area contributed by atoms with Gasteiger partial charge in [-0.2, -0.15) is 5.10 Å². The molecule has 0 aromatic carbocycles. The molecule has 2 rings (SSSR count). The zero-order chi connectivity index (χ0) is 9.26. The summed E-state index contributed by atoms with van der Waals surface area (Å²) in [6.45, 7) is 0. The van der Waals surface area contributed by atoms with Crippen LogP contribution >= 0.6 is 0 Å². The summed E-state index contributed by atoms with van der Waals surface area (Å²) in [5.41, 5.74) is 1.20. The summed E-state index contributed by atoms with van der Waals surface area (Å²) in [4.78, 5) is 0. The van der Waals surface area contributed by atoms with Gasteiger partial charge in [-0.05, 0) is 0 Å². The van der Waals surface area contributed by atoms with E-state index in [0.29, 0.717) is 11.3 Å². The Hall–Kier alpha value is -1.69. The van der Waals surface area contributed by atoms with E-state index in [0.717, 1.165) is 0 Å². The number of rotatable bonds is 2. The van der Waals surface area contributed by atoms with Crippen LogP contribution in [0.15, 0.2) is 18.6 Å². The fourth-order valence-corrected chi connectivity index (χ4v) is 1.07. The number of nitrogens with zero attached hydrogens (tertiary/aromatic N) is 4. The van der Waals surface area contributed by atoms with Gasteiger partial charge >= 0.3 is 0 Å². The van der Waals surface area contributed by atoms with Gasteiger partial charge in [-0.25, -0.2) is 0 Å². The number of aromatic amines is 1. The summed E-state index contributed by atoms with van der Waals surface area (Å²) in [7, 11) is 1.75. The molecule has 0 aliphatic carbocycles. The van der Waals surface area contributed by atoms with Crippen molar-refractivity contribution in [2.45, 2.75) is 6.10 Å². The number of nitrogens with one attached hydrogen (secondary N) is 1. The van der Waals surface area contributed by atoms with Crippen LogP contribution in [0.5, 0.6) is 0 Å². The smallest absolute Gasteiger partial charge is 0.127 e. The number of aliphatic hydroxyl groups is 1. The minimum absolute atomic E-state index is 0.518. The lowest BCUT2D eigenvalue weighted by Crippen LogP contribution is -1.98. The highest BCUT2D eigenvalue weighted by atomic mass is 16.3. The second-order valence-corrected chi connectivity index (χ2v) is 2.75. The summed E-state index contributed by atoms with van der Waals surface area (Å²) in [6, 6.07) is 0. The van der Waals surface area contributed by atoms with Gasteiger partial charge in [0.05, 0.1) is 12.4 Å². The molecule has 0 radical (unpaired) electrons. The van der Waals surface area contributed by atoms with Crippen molar-refractivity contribution in [1.82, 2.24) is 25.2 Å². The molecule has 2 aromatic rings. The molecule has 0 amide bonds. The maximum Gasteiger partial charge on any atom is 0.127 e. The molecule has 6 nitrogen and oxygen atoms in total. The SMILES string of the molecule is Cn1cc(C(O)c2cn[nH]c2)nn1. The first-order valence-corrected chi connectivity index (χ1v) is 3.80. The van der Waals surface area contributed by atoms with E-state index in [4.69, 9.17) is 0 Å². The third-order valence-electron chi connectivity index (χ3n) is 1.74. The normalized spacial score (nSPS) is 13.1. The summed E-state index contributed by atoms with van der Waals surface area (Å²) < 4.78 is 1.54. The Bertz CT molecular complexity index is 379. The lowest BCUT2D eigenvalue weighted by molar-refractivity contribution is 0.215. The molecule has 1 unspecified atom stereocenters. The van der Waals surface area contributed by atoms with Crippen molar-refractivity contribution in [3.8, 4) is 0 Å². The zero-order valence-corrected chi connectivity index (χ0v) is 7.05. The van der Waals surface area contributed by atoms with Crippen LogP contribution in [0.1, 0.15) is 17.4 Å². The molecule has 0 fully saturated rings. The predicted octanol–water partition coefficient (Wildman–Crippen LogP) is -0.380. The molecule has 0 saturated carbocycles. The van der Waals surface area contributed by atoms with E-state index in [1.165, 1.54) is 0 Å². The van der Waals surface area contributed by atoms with E-state index in [9.17, 15) is 5.11 Å². The first kappa shape index (κ1) is 7.93. The summed E-state index contributed by atoms with van der Waals surface area (Å²) >= 11 is 0. The quantitative estimate of drug-likeness (QED) is 0.658. The third-order valence-corrected chi connectivity index (χ3v) is 1.74. The lowest BCUT2D eigenvalue weighted by Gasteiger charge is -2.01. The molecular weight excluding hydrogens is 170 g/mol. The lowest BCUT2D eigenvalue weighted by atomic mass is 10.1. The van der Waals surface area contributed by atoms with E-state index in [1.54, 1.807) is 30.3 Å². The standard InChI is InChI=1S/C7H9N5O/c1-12-4-6(10-11-12)7(13)5-2-8-9-3-5/h2-4,7,13H,1H3,(H,8,9). The molecule has 0 saturated heterocycles. The summed E-state index contributed by atoms with van der Waals surface area (Å²) in [5, 5.41) is 23.6. The molecular formula is C7H9N5O. The van der Waals surface area contributed by atoms with Crippen LogP contribution in [0.25, 0.3) is 0 Å². The van der Waals surface area contributed by atoms with Crippen LogP contribution in [-0.2, 0) is 7.05 Å². The van der Waals surface area contributed by atoms with Gasteiger partial charge in [0.15, 0.2) is 0 Å². The third kappa shape index (κ3) is 1.43. The largest absolute Gasteiger partial charge is 0.382 e. The van der Waals surface area contributed by atoms with Crippen LogP contribution in [-0.4, -0.2) is 30.3 Å². The Labute approximate surface area is 74.2 Å². The van der Waals surface area contributed by atoms with E-state index >= 15 is 0 Å². The summed E-state index contributed by atoms with van der Waals surface area (Å²) in [6.07, 6.45) is 4.09. The Kier molecular flexibility index (Phi) is 1.82. The fourth-order valence-electron chi connectivity index (χ4n) is 1.07. The molecule has 68 valence electrons. The molecule has 2 heterocycles. The maximum absolute atomic E-state index is 9.72. The minimum Gasteiger partial charge on any atom is -0.382 e. The average Bonchev–Trinajstić information content (AvgIpc) is 2.72. The predicted molar refractivity (Wildman–Crippen MR) is 43.7 cm³/mol. The van der Waals surface area contributed by atoms with Crippen LogP contribution in [0.2, 0.25) is 0 Å². The monoisotopic (exact) mass is 179 g/mol. The van der Waals surface area contributed by atoms with E-state index in [2.05, 4.69) is 20.5 Å². The van der Waals surface area contributed by atoms with Crippen molar-refractivity contribution >= 4 is 0 Å². The topological polar surface area (TPSA) is 79.6 Å². The second-order valence-electron chi connectivity index (χ2n) is 2.75. The number of hydrogen-bond donors (Lipinski definition) is 2. The van der Waals surface area contributed by atoms with Gasteiger partial charge in [0.1, 0.15) is 11.8 Å². The first-order valence-electron chi connectivity index (χ1n) is 3.80. The van der Waals surface area contributed by atoms with Gasteiger partial charge in [0.2, 0.25) is 0 Å². The van der Waals surface area contributed by atoms with Crippen molar-refractivity contribution in [2.24, 2.45) is 7.05 Å². The maximum atomic E-state index is 9.72. The van der Waals surface area contributed by atoms with Crippen LogP contribution < -0.4 is 0 Å². The van der Waals surface area contributed by atoms with Gasteiger partial charge < -0.3 is 5.11 Å². The van der Waals surface area contributed by atoms with Crippen LogP contribution in [0, 0.1) is 0 Å². The van der Waals surface area contributed by atoms with Crippen molar-refractivity contribution < 1.29 is 5.11 Å². The molecule has 1 atom stereocenters. The number of aryl methyl sites for hydroxylation is 1. The molecule has 0 bridgehead atoms. The number of aromatic nitrogens is 5. The second kappa shape index (κ2) is 2.98. The van der Waals surface area contributed by atoms with Crippen molar-refractivity contribution in [1.29, 1.82) is 0 Å². The zero-order valence-electron chi connectivity index (χ0n) is 7.05. The molecule has 0 aliphatic heterocycles. The van der Waals surface area contributed by atoms with Gasteiger partial charge in [-0.1, -0.05) is 5.21 Å². The average molecular weight is 179 g/mol. The molecule has 6 heteroatoms. The van der Waals surface area contributed by atoms with E-state index in [1.807, 2.05) is 0 Å². The highest BCUT2D eigenvalue weighted by molar-refractivity contribution is 5.17. The first-order chi connectivity index (χ1) is 6.27. The Morgan fingerprint density at radius 2 is 2.46 bits per heavy atom. The number of aliphatic hydroxyl groups excluding tert-OH is 1. The summed E-state index contributed by atoms with van der Waals surface area (Å²) in [5.74, 6) is 0. The molecule has 13 heavy (non-hydrogen) atoms. The van der Waals surface area contributed by atoms with Gasteiger partial charge in [0, 0.05) is 18.8 Å². The molecule has 0 spiro atoms. The number of H-pyrrole nitrogens is 1. The molecule has 0 aliphatic rings. The Balaban J connectivity index is 2.28. The van der Waals surface area contributed by atoms with Crippen molar-refractivity contribution in [2.75, 3.05) is 0 Å². The van der Waals surface area contributed by atoms with Crippen LogP contribution in [0.4, 0.5) is 0 Å². The minimum atomic E-state index is -0.757. The van der Waals surface area contributed by atoms with Gasteiger partial charge in [-0.3, -0.25) is 9.78 Å². The Morgan fingerprint density at radius 1 is 1.62 bits per heavy atom. The highest BCUT2D eigenvalue weighted by Crippen LogP contribution is 2.17. The van der Waals surface area contributed by atoms with E-state index in [-0.39, 0.29) is 0 Å². The van der Waals surface area contributed by atoms with Gasteiger partial charge in [0.25, 0.3) is 0 Å². The highest BCUT2D eigenvalue weighted by Gasteiger charge is 2.14.